The number of esters is 1. The van der Waals surface area contributed by atoms with Crippen LogP contribution in [-0.4, -0.2) is 80.1 Å². The molecule has 1 aromatic rings. The van der Waals surface area contributed by atoms with E-state index in [1.54, 1.807) is 23.4 Å². The van der Waals surface area contributed by atoms with Crippen molar-refractivity contribution in [3.8, 4) is 0 Å². The van der Waals surface area contributed by atoms with Crippen LogP contribution in [0.5, 0.6) is 0 Å². The van der Waals surface area contributed by atoms with Gasteiger partial charge in [0, 0.05) is 39.4 Å². The molecule has 0 aromatic carbocycles. The van der Waals surface area contributed by atoms with Gasteiger partial charge in [0.2, 0.25) is 10.0 Å². The van der Waals surface area contributed by atoms with Crippen LogP contribution < -0.4 is 0 Å². The second kappa shape index (κ2) is 8.62. The molecule has 0 radical (unpaired) electrons. The van der Waals surface area contributed by atoms with Gasteiger partial charge in [0.05, 0.1) is 25.7 Å². The second-order valence-corrected chi connectivity index (χ2v) is 8.94. The fourth-order valence-corrected chi connectivity index (χ4v) is 5.04. The predicted molar refractivity (Wildman–Crippen MR) is 100 cm³/mol. The number of nitrogens with zero attached hydrogens (tertiary/aromatic N) is 3. The van der Waals surface area contributed by atoms with Crippen LogP contribution in [0.1, 0.15) is 30.3 Å². The smallest absolute Gasteiger partial charge is 0.309 e. The first-order chi connectivity index (χ1) is 13.3. The van der Waals surface area contributed by atoms with Crippen molar-refractivity contribution >= 4 is 21.9 Å². The number of likely N-dealkylation sites (tertiary alicyclic amines) is 1. The van der Waals surface area contributed by atoms with E-state index >= 15 is 0 Å². The Morgan fingerprint density at radius 2 is 1.82 bits per heavy atom. The van der Waals surface area contributed by atoms with Gasteiger partial charge in [-0.2, -0.15) is 4.31 Å². The molecule has 0 aliphatic carbocycles. The molecule has 0 N–H and O–H groups in total. The number of rotatable bonds is 5. The van der Waals surface area contributed by atoms with Gasteiger partial charge in [0.1, 0.15) is 10.6 Å². The first-order valence-corrected chi connectivity index (χ1v) is 11.0. The lowest BCUT2D eigenvalue weighted by Crippen LogP contribution is -2.41. The van der Waals surface area contributed by atoms with Crippen molar-refractivity contribution in [3.63, 3.8) is 0 Å². The summed E-state index contributed by atoms with van der Waals surface area (Å²) >= 11 is 0. The van der Waals surface area contributed by atoms with Crippen LogP contribution in [-0.2, 0) is 31.3 Å². The van der Waals surface area contributed by atoms with E-state index in [1.807, 2.05) is 0 Å². The maximum atomic E-state index is 12.9. The first kappa shape index (κ1) is 20.8. The van der Waals surface area contributed by atoms with Gasteiger partial charge in [-0.05, 0) is 25.8 Å². The summed E-state index contributed by atoms with van der Waals surface area (Å²) in [5, 5.41) is 0. The van der Waals surface area contributed by atoms with Gasteiger partial charge in [-0.3, -0.25) is 9.59 Å². The summed E-state index contributed by atoms with van der Waals surface area (Å²) < 4.78 is 38.8. The van der Waals surface area contributed by atoms with E-state index < -0.39 is 10.0 Å². The summed E-state index contributed by atoms with van der Waals surface area (Å²) in [6.45, 7) is 4.36. The van der Waals surface area contributed by atoms with E-state index in [2.05, 4.69) is 0 Å². The molecule has 9 nitrogen and oxygen atoms in total. The minimum absolute atomic E-state index is 0.113. The minimum Gasteiger partial charge on any atom is -0.466 e. The molecule has 2 aliphatic rings. The van der Waals surface area contributed by atoms with Crippen LogP contribution in [0.4, 0.5) is 0 Å². The highest BCUT2D eigenvalue weighted by molar-refractivity contribution is 7.89. The zero-order valence-corrected chi connectivity index (χ0v) is 17.1. The van der Waals surface area contributed by atoms with Crippen molar-refractivity contribution in [2.75, 3.05) is 46.0 Å². The Morgan fingerprint density at radius 3 is 2.43 bits per heavy atom. The molecule has 0 saturated carbocycles. The average Bonchev–Trinajstić information content (AvgIpc) is 3.11. The number of aryl methyl sites for hydroxylation is 1. The van der Waals surface area contributed by atoms with Gasteiger partial charge < -0.3 is 18.9 Å². The molecule has 3 heterocycles. The number of aromatic nitrogens is 1. The maximum Gasteiger partial charge on any atom is 0.309 e. The van der Waals surface area contributed by atoms with E-state index in [9.17, 15) is 18.0 Å². The standard InChI is InChI=1S/C18H27N3O6S/c1-3-27-18(23)14-4-6-20(7-5-14)17(22)16-12-15(13-19(16)2)28(24,25)21-8-10-26-11-9-21/h12-14H,3-11H2,1-2H3. The molecule has 2 fully saturated rings. The van der Waals surface area contributed by atoms with E-state index in [1.165, 1.54) is 16.6 Å². The Balaban J connectivity index is 1.69. The van der Waals surface area contributed by atoms with E-state index in [-0.39, 0.29) is 22.7 Å². The SMILES string of the molecule is CCOC(=O)C1CCN(C(=O)c2cc(S(=O)(=O)N3CCOCC3)cn2C)CC1. The molecule has 0 spiro atoms. The summed E-state index contributed by atoms with van der Waals surface area (Å²) in [6, 6.07) is 1.44. The molecule has 10 heteroatoms. The van der Waals surface area contributed by atoms with Crippen LogP contribution in [0.25, 0.3) is 0 Å². The molecule has 3 rings (SSSR count). The Labute approximate surface area is 165 Å². The molecule has 0 bridgehead atoms. The normalized spacial score (nSPS) is 19.6. The zero-order chi connectivity index (χ0) is 20.3. The first-order valence-electron chi connectivity index (χ1n) is 9.54. The number of ether oxygens (including phenoxy) is 2. The quantitative estimate of drug-likeness (QED) is 0.651. The van der Waals surface area contributed by atoms with E-state index in [4.69, 9.17) is 9.47 Å². The van der Waals surface area contributed by atoms with E-state index in [0.29, 0.717) is 64.5 Å². The van der Waals surface area contributed by atoms with Crippen molar-refractivity contribution in [2.45, 2.75) is 24.7 Å². The molecule has 2 aliphatic heterocycles. The molecular formula is C18H27N3O6S. The number of hydrogen-bond acceptors (Lipinski definition) is 6. The van der Waals surface area contributed by atoms with Crippen LogP contribution in [0.3, 0.4) is 0 Å². The van der Waals surface area contributed by atoms with Crippen LogP contribution in [0.15, 0.2) is 17.2 Å². The lowest BCUT2D eigenvalue weighted by molar-refractivity contribution is -0.149. The highest BCUT2D eigenvalue weighted by Gasteiger charge is 2.32. The zero-order valence-electron chi connectivity index (χ0n) is 16.3. The highest BCUT2D eigenvalue weighted by atomic mass is 32.2. The molecule has 156 valence electrons. The number of carbonyl (C=O) groups excluding carboxylic acids is 2. The van der Waals surface area contributed by atoms with Crippen LogP contribution in [0.2, 0.25) is 0 Å². The largest absolute Gasteiger partial charge is 0.466 e. The molecule has 2 saturated heterocycles. The van der Waals surface area contributed by atoms with Gasteiger partial charge in [-0.1, -0.05) is 0 Å². The van der Waals surface area contributed by atoms with Gasteiger partial charge in [-0.25, -0.2) is 8.42 Å². The number of amides is 1. The number of carbonyl (C=O) groups is 2. The van der Waals surface area contributed by atoms with Crippen LogP contribution in [0, 0.1) is 5.92 Å². The lowest BCUT2D eigenvalue weighted by Gasteiger charge is -2.30. The second-order valence-electron chi connectivity index (χ2n) is 7.01. The van der Waals surface area contributed by atoms with E-state index in [0.717, 1.165) is 0 Å². The highest BCUT2D eigenvalue weighted by Crippen LogP contribution is 2.23. The molecular weight excluding hydrogens is 386 g/mol. The fraction of sp³-hybridized carbons (Fsp3) is 0.667. The average molecular weight is 413 g/mol. The van der Waals surface area contributed by atoms with Gasteiger partial charge >= 0.3 is 5.97 Å². The third kappa shape index (κ3) is 4.23. The number of sulfonamides is 1. The molecule has 1 aromatic heterocycles. The topological polar surface area (TPSA) is 98.2 Å². The Morgan fingerprint density at radius 1 is 1.18 bits per heavy atom. The molecule has 0 unspecified atom stereocenters. The minimum atomic E-state index is -3.65. The summed E-state index contributed by atoms with van der Waals surface area (Å²) in [5.74, 6) is -0.629. The van der Waals surface area contributed by atoms with Gasteiger partial charge in [0.15, 0.2) is 0 Å². The number of piperidine rings is 1. The Bertz CT molecular complexity index is 820. The summed E-state index contributed by atoms with van der Waals surface area (Å²) in [4.78, 5) is 26.5. The number of hydrogen-bond donors (Lipinski definition) is 0. The van der Waals surface area contributed by atoms with Gasteiger partial charge in [-0.15, -0.1) is 0 Å². The maximum absolute atomic E-state index is 12.9. The van der Waals surface area contributed by atoms with Gasteiger partial charge in [0.25, 0.3) is 5.91 Å². The third-order valence-electron chi connectivity index (χ3n) is 5.21. The summed E-state index contributed by atoms with van der Waals surface area (Å²) in [7, 11) is -1.99. The van der Waals surface area contributed by atoms with Crippen molar-refractivity contribution < 1.29 is 27.5 Å². The molecule has 0 atom stereocenters. The fourth-order valence-electron chi connectivity index (χ4n) is 3.56. The Hall–Kier alpha value is -1.91. The number of morpholine rings is 1. The third-order valence-corrected chi connectivity index (χ3v) is 7.07. The predicted octanol–water partition coefficient (Wildman–Crippen LogP) is 0.461. The van der Waals surface area contributed by atoms with Crippen molar-refractivity contribution in [2.24, 2.45) is 13.0 Å². The van der Waals surface area contributed by atoms with Crippen molar-refractivity contribution in [1.82, 2.24) is 13.8 Å². The summed E-state index contributed by atoms with van der Waals surface area (Å²) in [6.07, 6.45) is 2.57. The lowest BCUT2D eigenvalue weighted by atomic mass is 9.97. The molecule has 1 amide bonds. The molecule has 28 heavy (non-hydrogen) atoms. The Kier molecular flexibility index (Phi) is 6.41. The van der Waals surface area contributed by atoms with Crippen molar-refractivity contribution in [3.05, 3.63) is 18.0 Å². The summed E-state index contributed by atoms with van der Waals surface area (Å²) in [5.41, 5.74) is 0.321. The van der Waals surface area contributed by atoms with Crippen LogP contribution >= 0.6 is 0 Å². The van der Waals surface area contributed by atoms with Crippen molar-refractivity contribution in [1.29, 1.82) is 0 Å². The monoisotopic (exact) mass is 413 g/mol.